The molecule has 0 heterocycles. The van der Waals surface area contributed by atoms with Crippen LogP contribution in [0.15, 0.2) is 55.1 Å². The zero-order chi connectivity index (χ0) is 17.5. The summed E-state index contributed by atoms with van der Waals surface area (Å²) in [6.07, 6.45) is 0.954. The Morgan fingerprint density at radius 3 is 2.46 bits per heavy atom. The summed E-state index contributed by atoms with van der Waals surface area (Å²) in [5.74, 6) is -1.89. The highest BCUT2D eigenvalue weighted by Crippen LogP contribution is 2.40. The normalized spacial score (nSPS) is 10.0. The third kappa shape index (κ3) is 3.80. The first-order chi connectivity index (χ1) is 11.6. The van der Waals surface area contributed by atoms with Crippen molar-refractivity contribution in [3.63, 3.8) is 0 Å². The molecule has 0 saturated carbocycles. The number of carbonyl (C=O) groups excluding carboxylic acids is 2. The van der Waals surface area contributed by atoms with E-state index >= 15 is 0 Å². The molecule has 0 spiro atoms. The lowest BCUT2D eigenvalue weighted by Gasteiger charge is -2.14. The summed E-state index contributed by atoms with van der Waals surface area (Å²) in [6, 6.07) is 11.1. The van der Waals surface area contributed by atoms with Crippen LogP contribution in [0.5, 0.6) is 17.2 Å². The molecule has 2 aromatic rings. The van der Waals surface area contributed by atoms with Crippen molar-refractivity contribution in [1.29, 1.82) is 0 Å². The van der Waals surface area contributed by atoms with Gasteiger partial charge in [0.15, 0.2) is 17.3 Å². The molecule has 0 aliphatic carbocycles. The Morgan fingerprint density at radius 1 is 1.12 bits per heavy atom. The maximum Gasteiger partial charge on any atom is 0.335 e. The summed E-state index contributed by atoms with van der Waals surface area (Å²) >= 11 is 0. The summed E-state index contributed by atoms with van der Waals surface area (Å²) in [7, 11) is 0. The van der Waals surface area contributed by atoms with Gasteiger partial charge in [-0.3, -0.25) is 4.79 Å². The first kappa shape index (κ1) is 17.2. The fraction of sp³-hybridized carbons (Fsp3) is 0.111. The van der Waals surface area contributed by atoms with Crippen LogP contribution in [0.4, 0.5) is 0 Å². The minimum Gasteiger partial charge on any atom is -0.504 e. The van der Waals surface area contributed by atoms with Crippen molar-refractivity contribution in [3.8, 4) is 17.2 Å². The molecule has 0 aliphatic rings. The standard InChI is InChI=1S/C18H16O6/c1-2-15(20)24-14-9-8-13(17(22)18(14)23-11-10-19)16(21)12-6-4-3-5-7-12/h2-9,19,22H,1,10-11H2. The zero-order valence-electron chi connectivity index (χ0n) is 12.8. The molecule has 0 unspecified atom stereocenters. The van der Waals surface area contributed by atoms with Crippen LogP contribution in [-0.2, 0) is 4.79 Å². The van der Waals surface area contributed by atoms with Crippen LogP contribution in [-0.4, -0.2) is 35.2 Å². The number of hydrogen-bond acceptors (Lipinski definition) is 6. The van der Waals surface area contributed by atoms with E-state index in [9.17, 15) is 14.7 Å². The maximum absolute atomic E-state index is 12.5. The molecule has 0 saturated heterocycles. The van der Waals surface area contributed by atoms with Crippen LogP contribution in [0.2, 0.25) is 0 Å². The smallest absolute Gasteiger partial charge is 0.335 e. The zero-order valence-corrected chi connectivity index (χ0v) is 12.8. The Balaban J connectivity index is 2.45. The van der Waals surface area contributed by atoms with Gasteiger partial charge in [0.2, 0.25) is 5.75 Å². The van der Waals surface area contributed by atoms with Crippen molar-refractivity contribution in [2.75, 3.05) is 13.2 Å². The van der Waals surface area contributed by atoms with Crippen molar-refractivity contribution in [1.82, 2.24) is 0 Å². The minimum atomic E-state index is -0.745. The van der Waals surface area contributed by atoms with E-state index in [2.05, 4.69) is 6.58 Å². The van der Waals surface area contributed by atoms with Crippen LogP contribution < -0.4 is 9.47 Å². The van der Waals surface area contributed by atoms with Crippen LogP contribution in [0.25, 0.3) is 0 Å². The Bertz CT molecular complexity index is 752. The number of rotatable bonds is 7. The molecule has 6 heteroatoms. The Hall–Kier alpha value is -3.12. The monoisotopic (exact) mass is 328 g/mol. The molecule has 0 bridgehead atoms. The van der Waals surface area contributed by atoms with Crippen molar-refractivity contribution < 1.29 is 29.3 Å². The number of aliphatic hydroxyl groups excluding tert-OH is 1. The van der Waals surface area contributed by atoms with Crippen LogP contribution in [0, 0.1) is 0 Å². The second-order valence-corrected chi connectivity index (χ2v) is 4.68. The second kappa shape index (κ2) is 7.94. The number of phenols is 1. The molecule has 0 amide bonds. The molecule has 2 N–H and O–H groups in total. The molecular weight excluding hydrogens is 312 g/mol. The number of phenolic OH excluding ortho intramolecular Hbond substituents is 1. The average molecular weight is 328 g/mol. The molecule has 0 aromatic heterocycles. The lowest BCUT2D eigenvalue weighted by molar-refractivity contribution is -0.129. The van der Waals surface area contributed by atoms with Gasteiger partial charge in [-0.1, -0.05) is 36.9 Å². The van der Waals surface area contributed by atoms with Crippen LogP contribution in [0.1, 0.15) is 15.9 Å². The summed E-state index contributed by atoms with van der Waals surface area (Å²) in [5.41, 5.74) is 0.379. The van der Waals surface area contributed by atoms with E-state index in [-0.39, 0.29) is 30.3 Å². The van der Waals surface area contributed by atoms with Gasteiger partial charge >= 0.3 is 5.97 Å². The summed E-state index contributed by atoms with van der Waals surface area (Å²) in [4.78, 5) is 23.9. The number of benzene rings is 2. The van der Waals surface area contributed by atoms with Gasteiger partial charge in [-0.25, -0.2) is 4.79 Å². The quantitative estimate of drug-likeness (QED) is 0.350. The molecule has 124 valence electrons. The number of aliphatic hydroxyl groups is 1. The molecule has 0 aliphatic heterocycles. The Morgan fingerprint density at radius 2 is 1.83 bits per heavy atom. The van der Waals surface area contributed by atoms with Gasteiger partial charge in [0.05, 0.1) is 12.2 Å². The topological polar surface area (TPSA) is 93.1 Å². The predicted molar refractivity (Wildman–Crippen MR) is 86.4 cm³/mol. The number of carbonyl (C=O) groups is 2. The molecular formula is C18H16O6. The number of ketones is 1. The van der Waals surface area contributed by atoms with Gasteiger partial charge < -0.3 is 19.7 Å². The predicted octanol–water partition coefficient (Wildman–Crippen LogP) is 2.09. The number of hydrogen-bond donors (Lipinski definition) is 2. The fourth-order valence-electron chi connectivity index (χ4n) is 2.00. The lowest BCUT2D eigenvalue weighted by atomic mass is 10.0. The minimum absolute atomic E-state index is 0.00691. The molecule has 24 heavy (non-hydrogen) atoms. The number of esters is 1. The van der Waals surface area contributed by atoms with Crippen molar-refractivity contribution in [2.24, 2.45) is 0 Å². The first-order valence-electron chi connectivity index (χ1n) is 7.12. The SMILES string of the molecule is C=CC(=O)Oc1ccc(C(=O)c2ccccc2)c(O)c1OCCO. The van der Waals surface area contributed by atoms with Crippen LogP contribution >= 0.6 is 0 Å². The summed E-state index contributed by atoms with van der Waals surface area (Å²) in [5, 5.41) is 19.3. The number of aromatic hydroxyl groups is 1. The molecule has 0 radical (unpaired) electrons. The Kier molecular flexibility index (Phi) is 5.70. The first-order valence-corrected chi connectivity index (χ1v) is 7.12. The maximum atomic E-state index is 12.5. The average Bonchev–Trinajstić information content (AvgIpc) is 2.61. The van der Waals surface area contributed by atoms with Crippen molar-refractivity contribution in [3.05, 3.63) is 66.2 Å². The highest BCUT2D eigenvalue weighted by Gasteiger charge is 2.22. The summed E-state index contributed by atoms with van der Waals surface area (Å²) < 4.78 is 10.2. The van der Waals surface area contributed by atoms with E-state index in [1.54, 1.807) is 30.3 Å². The molecule has 0 atom stereocenters. The van der Waals surface area contributed by atoms with Crippen molar-refractivity contribution >= 4 is 11.8 Å². The van der Waals surface area contributed by atoms with E-state index < -0.39 is 17.5 Å². The van der Waals surface area contributed by atoms with E-state index in [1.807, 2.05) is 0 Å². The molecule has 6 nitrogen and oxygen atoms in total. The highest BCUT2D eigenvalue weighted by atomic mass is 16.6. The van der Waals surface area contributed by atoms with Gasteiger partial charge in [0.25, 0.3) is 0 Å². The van der Waals surface area contributed by atoms with E-state index in [0.717, 1.165) is 6.08 Å². The van der Waals surface area contributed by atoms with Gasteiger partial charge in [0.1, 0.15) is 6.61 Å². The van der Waals surface area contributed by atoms with Crippen LogP contribution in [0.3, 0.4) is 0 Å². The van der Waals surface area contributed by atoms with Crippen molar-refractivity contribution in [2.45, 2.75) is 0 Å². The fourth-order valence-corrected chi connectivity index (χ4v) is 2.00. The third-order valence-corrected chi connectivity index (χ3v) is 3.09. The van der Waals surface area contributed by atoms with Gasteiger partial charge in [-0.15, -0.1) is 0 Å². The van der Waals surface area contributed by atoms with E-state index in [4.69, 9.17) is 14.6 Å². The molecule has 2 rings (SSSR count). The third-order valence-electron chi connectivity index (χ3n) is 3.09. The lowest BCUT2D eigenvalue weighted by Crippen LogP contribution is -2.10. The summed E-state index contributed by atoms with van der Waals surface area (Å²) in [6.45, 7) is 2.83. The van der Waals surface area contributed by atoms with E-state index in [1.165, 1.54) is 12.1 Å². The number of ether oxygens (including phenoxy) is 2. The largest absolute Gasteiger partial charge is 0.504 e. The highest BCUT2D eigenvalue weighted by molar-refractivity contribution is 6.11. The van der Waals surface area contributed by atoms with Gasteiger partial charge in [0, 0.05) is 11.6 Å². The van der Waals surface area contributed by atoms with E-state index in [0.29, 0.717) is 5.56 Å². The second-order valence-electron chi connectivity index (χ2n) is 4.68. The molecule has 2 aromatic carbocycles. The van der Waals surface area contributed by atoms with Gasteiger partial charge in [-0.2, -0.15) is 0 Å². The molecule has 0 fully saturated rings. The van der Waals surface area contributed by atoms with Gasteiger partial charge in [-0.05, 0) is 12.1 Å². The Labute approximate surface area is 138 Å².